The maximum Gasteiger partial charge on any atom is 0.273 e. The SMILES string of the molecule is O=C(Cc1ccccc1[N+](=O)[O-])c1cc(F)cc(Br)c1. The molecule has 0 bridgehead atoms. The molecule has 0 saturated heterocycles. The van der Waals surface area contributed by atoms with Crippen LogP contribution in [0.1, 0.15) is 15.9 Å². The van der Waals surface area contributed by atoms with E-state index < -0.39 is 10.7 Å². The average Bonchev–Trinajstić information content (AvgIpc) is 2.37. The second-order valence-corrected chi connectivity index (χ2v) is 5.06. The van der Waals surface area contributed by atoms with Gasteiger partial charge in [-0.15, -0.1) is 0 Å². The van der Waals surface area contributed by atoms with Crippen molar-refractivity contribution in [3.8, 4) is 0 Å². The highest BCUT2D eigenvalue weighted by Crippen LogP contribution is 2.21. The Morgan fingerprint density at radius 1 is 1.25 bits per heavy atom. The number of carbonyl (C=O) groups excluding carboxylic acids is 1. The molecule has 6 heteroatoms. The molecular weight excluding hydrogens is 329 g/mol. The highest BCUT2D eigenvalue weighted by atomic mass is 79.9. The lowest BCUT2D eigenvalue weighted by Crippen LogP contribution is -2.06. The van der Waals surface area contributed by atoms with Gasteiger partial charge >= 0.3 is 0 Å². The molecule has 4 nitrogen and oxygen atoms in total. The molecule has 0 aliphatic carbocycles. The van der Waals surface area contributed by atoms with Crippen LogP contribution in [0.3, 0.4) is 0 Å². The first-order valence-electron chi connectivity index (χ1n) is 5.69. The van der Waals surface area contributed by atoms with Gasteiger partial charge in [0.15, 0.2) is 5.78 Å². The zero-order valence-corrected chi connectivity index (χ0v) is 11.8. The number of rotatable bonds is 4. The fourth-order valence-corrected chi connectivity index (χ4v) is 2.29. The number of carbonyl (C=O) groups is 1. The lowest BCUT2D eigenvalue weighted by atomic mass is 10.0. The number of nitro groups is 1. The first-order valence-corrected chi connectivity index (χ1v) is 6.48. The van der Waals surface area contributed by atoms with Crippen LogP contribution < -0.4 is 0 Å². The number of nitro benzene ring substituents is 1. The molecule has 0 spiro atoms. The summed E-state index contributed by atoms with van der Waals surface area (Å²) < 4.78 is 13.7. The highest BCUT2D eigenvalue weighted by molar-refractivity contribution is 9.10. The van der Waals surface area contributed by atoms with E-state index in [0.717, 1.165) is 6.07 Å². The van der Waals surface area contributed by atoms with Gasteiger partial charge in [-0.1, -0.05) is 34.1 Å². The van der Waals surface area contributed by atoms with Gasteiger partial charge in [0.25, 0.3) is 5.69 Å². The fraction of sp³-hybridized carbons (Fsp3) is 0.0714. The van der Waals surface area contributed by atoms with Gasteiger partial charge in [-0.25, -0.2) is 4.39 Å². The van der Waals surface area contributed by atoms with Crippen LogP contribution in [0.2, 0.25) is 0 Å². The van der Waals surface area contributed by atoms with E-state index >= 15 is 0 Å². The van der Waals surface area contributed by atoms with Gasteiger partial charge in [0.1, 0.15) is 5.82 Å². The topological polar surface area (TPSA) is 60.2 Å². The van der Waals surface area contributed by atoms with Crippen molar-refractivity contribution in [1.82, 2.24) is 0 Å². The lowest BCUT2D eigenvalue weighted by molar-refractivity contribution is -0.385. The van der Waals surface area contributed by atoms with E-state index in [2.05, 4.69) is 15.9 Å². The van der Waals surface area contributed by atoms with E-state index in [4.69, 9.17) is 0 Å². The van der Waals surface area contributed by atoms with Gasteiger partial charge in [-0.05, 0) is 18.2 Å². The summed E-state index contributed by atoms with van der Waals surface area (Å²) in [6.07, 6.45) is -0.146. The van der Waals surface area contributed by atoms with Gasteiger partial charge in [0, 0.05) is 28.1 Å². The Morgan fingerprint density at radius 3 is 2.60 bits per heavy atom. The predicted molar refractivity (Wildman–Crippen MR) is 75.2 cm³/mol. The Labute approximate surface area is 122 Å². The Balaban J connectivity index is 2.30. The summed E-state index contributed by atoms with van der Waals surface area (Å²) in [5, 5.41) is 10.9. The van der Waals surface area contributed by atoms with Crippen molar-refractivity contribution in [1.29, 1.82) is 0 Å². The van der Waals surface area contributed by atoms with Crippen molar-refractivity contribution in [3.63, 3.8) is 0 Å². The van der Waals surface area contributed by atoms with Crippen molar-refractivity contribution in [2.75, 3.05) is 0 Å². The van der Waals surface area contributed by atoms with Crippen LogP contribution >= 0.6 is 15.9 Å². The first-order chi connectivity index (χ1) is 9.47. The van der Waals surface area contributed by atoms with Gasteiger partial charge in [-0.3, -0.25) is 14.9 Å². The second-order valence-electron chi connectivity index (χ2n) is 4.14. The van der Waals surface area contributed by atoms with Crippen LogP contribution in [0, 0.1) is 15.9 Å². The van der Waals surface area contributed by atoms with Crippen molar-refractivity contribution in [2.45, 2.75) is 6.42 Å². The lowest BCUT2D eigenvalue weighted by Gasteiger charge is -2.04. The third kappa shape index (κ3) is 3.27. The summed E-state index contributed by atoms with van der Waals surface area (Å²) in [5.74, 6) is -0.912. The van der Waals surface area contributed by atoms with Crippen LogP contribution in [-0.2, 0) is 6.42 Å². The molecule has 0 radical (unpaired) electrons. The smallest absolute Gasteiger partial charge is 0.273 e. The summed E-state index contributed by atoms with van der Waals surface area (Å²) >= 11 is 3.10. The van der Waals surface area contributed by atoms with Gasteiger partial charge < -0.3 is 0 Å². The minimum Gasteiger partial charge on any atom is -0.294 e. The van der Waals surface area contributed by atoms with E-state index in [0.29, 0.717) is 10.0 Å². The maximum atomic E-state index is 13.2. The molecule has 0 saturated carbocycles. The molecule has 0 amide bonds. The van der Waals surface area contributed by atoms with Crippen molar-refractivity contribution >= 4 is 27.4 Å². The molecule has 0 N–H and O–H groups in total. The highest BCUT2D eigenvalue weighted by Gasteiger charge is 2.17. The number of para-hydroxylation sites is 1. The fourth-order valence-electron chi connectivity index (χ4n) is 1.83. The number of nitrogens with zero attached hydrogens (tertiary/aromatic N) is 1. The molecule has 0 fully saturated rings. The minimum absolute atomic E-state index is 0.115. The van der Waals surface area contributed by atoms with Crippen LogP contribution in [-0.4, -0.2) is 10.7 Å². The van der Waals surface area contributed by atoms with E-state index in [-0.39, 0.29) is 23.5 Å². The van der Waals surface area contributed by atoms with Crippen molar-refractivity contribution in [3.05, 3.63) is 74.0 Å². The van der Waals surface area contributed by atoms with E-state index in [9.17, 15) is 19.3 Å². The Morgan fingerprint density at radius 2 is 1.95 bits per heavy atom. The largest absolute Gasteiger partial charge is 0.294 e. The Hall–Kier alpha value is -2.08. The van der Waals surface area contributed by atoms with Crippen LogP contribution in [0.4, 0.5) is 10.1 Å². The second kappa shape index (κ2) is 5.92. The molecule has 0 aromatic heterocycles. The van der Waals surface area contributed by atoms with Crippen molar-refractivity contribution in [2.24, 2.45) is 0 Å². The van der Waals surface area contributed by atoms with Crippen LogP contribution in [0.15, 0.2) is 46.9 Å². The Kier molecular flexibility index (Phi) is 4.24. The summed E-state index contributed by atoms with van der Waals surface area (Å²) in [5.41, 5.74) is 0.370. The molecule has 0 atom stereocenters. The molecule has 20 heavy (non-hydrogen) atoms. The molecule has 0 aliphatic rings. The third-order valence-electron chi connectivity index (χ3n) is 2.72. The molecule has 2 rings (SSSR count). The first kappa shape index (κ1) is 14.3. The standard InChI is InChI=1S/C14H9BrFNO3/c15-11-5-10(6-12(16)8-11)14(18)7-9-3-1-2-4-13(9)17(19)20/h1-6,8H,7H2. The normalized spacial score (nSPS) is 10.3. The Bertz CT molecular complexity index is 668. The van der Waals surface area contributed by atoms with Gasteiger partial charge in [0.2, 0.25) is 0 Å². The summed E-state index contributed by atoms with van der Waals surface area (Å²) in [6, 6.07) is 9.85. The van der Waals surface area contributed by atoms with Crippen molar-refractivity contribution < 1.29 is 14.1 Å². The van der Waals surface area contributed by atoms with E-state index in [1.54, 1.807) is 6.07 Å². The number of hydrogen-bond acceptors (Lipinski definition) is 3. The number of ketones is 1. The average molecular weight is 338 g/mol. The van der Waals surface area contributed by atoms with E-state index in [1.165, 1.54) is 30.3 Å². The predicted octanol–water partition coefficient (Wildman–Crippen LogP) is 3.92. The minimum atomic E-state index is -0.538. The summed E-state index contributed by atoms with van der Waals surface area (Å²) in [4.78, 5) is 22.4. The summed E-state index contributed by atoms with van der Waals surface area (Å²) in [6.45, 7) is 0. The van der Waals surface area contributed by atoms with Gasteiger partial charge in [0.05, 0.1) is 4.92 Å². The third-order valence-corrected chi connectivity index (χ3v) is 3.18. The quantitative estimate of drug-likeness (QED) is 0.482. The van der Waals surface area contributed by atoms with E-state index in [1.807, 2.05) is 0 Å². The molecule has 2 aromatic rings. The summed E-state index contributed by atoms with van der Waals surface area (Å²) in [7, 11) is 0. The van der Waals surface area contributed by atoms with Crippen LogP contribution in [0.5, 0.6) is 0 Å². The molecule has 0 unspecified atom stereocenters. The molecule has 2 aromatic carbocycles. The van der Waals surface area contributed by atoms with Crippen LogP contribution in [0.25, 0.3) is 0 Å². The number of Topliss-reactive ketones (excluding diaryl/α,β-unsaturated/α-hetero) is 1. The molecular formula is C14H9BrFNO3. The zero-order valence-electron chi connectivity index (χ0n) is 10.2. The molecule has 102 valence electrons. The molecule has 0 heterocycles. The zero-order chi connectivity index (χ0) is 14.7. The van der Waals surface area contributed by atoms with Gasteiger partial charge in [-0.2, -0.15) is 0 Å². The monoisotopic (exact) mass is 337 g/mol. The number of halogens is 2. The molecule has 0 aliphatic heterocycles. The maximum absolute atomic E-state index is 13.2. The number of benzene rings is 2. The number of hydrogen-bond donors (Lipinski definition) is 0.